The van der Waals surface area contributed by atoms with E-state index in [9.17, 15) is 0 Å². The third-order valence-electron chi connectivity index (χ3n) is 0. The first kappa shape index (κ1) is 1260000. The zero-order valence-electron chi connectivity index (χ0n) is 56.5. The molecule has 0 aromatic rings. The summed E-state index contributed by atoms with van der Waals surface area (Å²) in [6.45, 7) is 0. The van der Waals surface area contributed by atoms with Gasteiger partial charge in [0.1, 0.15) is 0 Å². The summed E-state index contributed by atoms with van der Waals surface area (Å²) in [6, 6.07) is 0. The molecule has 0 saturated heterocycles. The number of rotatable bonds is 0. The maximum Gasteiger partial charge on any atom is 3.00 e. The van der Waals surface area contributed by atoms with Crippen LogP contribution in [-0.4, -0.2) is 0 Å². The summed E-state index contributed by atoms with van der Waals surface area (Å²) in [5.41, 5.74) is 0. The predicted molar refractivity (Wildman–Crippen MR) is 89.2 cm³/mol. The molecular weight excluding hydrogens is 2610 g/mol. The minimum atomic E-state index is 0. The molecule has 0 aromatic carbocycles. The molecular formula is O130Y6-242. The quantitative estimate of drug-likeness (QED) is 0.218. The molecule has 0 aliphatic rings. The molecule has 0 rings (SSSR count). The van der Waals surface area contributed by atoms with Crippen LogP contribution in [0.2, 0.25) is 0 Å². The summed E-state index contributed by atoms with van der Waals surface area (Å²) in [7, 11) is 0. The van der Waals surface area contributed by atoms with Crippen LogP contribution in [0.1, 0.15) is 0 Å². The average molecular weight is 2610 g/mol. The van der Waals surface area contributed by atoms with Crippen LogP contribution in [0.4, 0.5) is 0 Å². The topological polar surface area (TPSA) is 3700 Å². The summed E-state index contributed by atoms with van der Waals surface area (Å²) in [6.07, 6.45) is 0. The zero-order valence-corrected chi connectivity index (χ0v) is 73.6. The van der Waals surface area contributed by atoms with Gasteiger partial charge < -0.3 is 712 Å². The normalized spacial score (nSPS) is 0. The van der Waals surface area contributed by atoms with Crippen LogP contribution in [0.3, 0.4) is 0 Å². The summed E-state index contributed by atoms with van der Waals surface area (Å²) in [5, 5.41) is 0. The summed E-state index contributed by atoms with van der Waals surface area (Å²) >= 11 is 0. The molecule has 0 atom stereocenters. The molecule has 0 saturated carbocycles. The van der Waals surface area contributed by atoms with Crippen molar-refractivity contribution in [2.45, 2.75) is 0 Å². The second kappa shape index (κ2) is 1230000. The standard InChI is InChI=1S/130O.6Y/q130*-2;6*+3. The van der Waals surface area contributed by atoms with Crippen molar-refractivity contribution in [1.82, 2.24) is 0 Å². The molecule has 0 bridgehead atoms. The fraction of sp³-hybridized carbons (Fsp3) is 0. The molecule has 0 radical (unpaired) electrons. The second-order valence-corrected chi connectivity index (χ2v) is 0. The Morgan fingerprint density at radius 2 is 0.0147 bits per heavy atom. The first-order chi connectivity index (χ1) is 0. The van der Waals surface area contributed by atoms with Gasteiger partial charge in [-0.05, 0) is 0 Å². The monoisotopic (exact) mass is 2610 g/mol. The molecule has 0 heterocycles. The molecule has 0 aliphatic heterocycles. The van der Waals surface area contributed by atoms with Crippen LogP contribution in [0.15, 0.2) is 0 Å². The van der Waals surface area contributed by atoms with Gasteiger partial charge in [-0.2, -0.15) is 0 Å². The van der Waals surface area contributed by atoms with Crippen molar-refractivity contribution in [2.75, 3.05) is 0 Å². The van der Waals surface area contributed by atoms with Gasteiger partial charge in [0.2, 0.25) is 0 Å². The van der Waals surface area contributed by atoms with E-state index in [-0.39, 0.29) is 908 Å². The Balaban J connectivity index is 0. The Labute approximate surface area is 902 Å². The van der Waals surface area contributed by atoms with E-state index in [2.05, 4.69) is 0 Å². The fourth-order valence-corrected chi connectivity index (χ4v) is 0. The molecule has 1040 valence electrons. The van der Waals surface area contributed by atoms with E-state index in [0.29, 0.717) is 0 Å². The van der Waals surface area contributed by atoms with Crippen molar-refractivity contribution in [3.63, 3.8) is 0 Å². The van der Waals surface area contributed by atoms with Gasteiger partial charge in [0.15, 0.2) is 0 Å². The van der Waals surface area contributed by atoms with Crippen LogP contribution in [-0.2, 0) is 908 Å². The maximum atomic E-state index is 0. The second-order valence-electron chi connectivity index (χ2n) is 0. The van der Waals surface area contributed by atoms with E-state index in [4.69, 9.17) is 0 Å². The summed E-state index contributed by atoms with van der Waals surface area (Å²) in [4.78, 5) is 0. The maximum absolute atomic E-state index is 0. The molecule has 0 aliphatic carbocycles. The van der Waals surface area contributed by atoms with Crippen molar-refractivity contribution < 1.29 is 908 Å². The van der Waals surface area contributed by atoms with Gasteiger partial charge in [-0.1, -0.05) is 0 Å². The zero-order chi connectivity index (χ0) is 0. The van der Waals surface area contributed by atoms with Gasteiger partial charge in [0.25, 0.3) is 0 Å². The number of hydrogen-bond donors (Lipinski definition) is 0. The first-order valence-corrected chi connectivity index (χ1v) is 0. The molecule has 0 fully saturated rings. The third kappa shape index (κ3) is 1210000. The van der Waals surface area contributed by atoms with E-state index in [1.54, 1.807) is 0 Å². The van der Waals surface area contributed by atoms with Crippen LogP contribution in [0.5, 0.6) is 0 Å². The van der Waals surface area contributed by atoms with Crippen molar-refractivity contribution in [2.24, 2.45) is 0 Å². The minimum absolute atomic E-state index is 0. The Bertz CT molecular complexity index is 35.5. The molecule has 0 spiro atoms. The van der Waals surface area contributed by atoms with E-state index in [1.165, 1.54) is 0 Å². The minimum Gasteiger partial charge on any atom is -2.00 e. The van der Waals surface area contributed by atoms with E-state index >= 15 is 0 Å². The van der Waals surface area contributed by atoms with Crippen LogP contribution in [0, 0.1) is 0 Å². The smallest absolute Gasteiger partial charge is 2.00 e. The van der Waals surface area contributed by atoms with Gasteiger partial charge >= 0.3 is 196 Å². The molecule has 136 heteroatoms. The van der Waals surface area contributed by atoms with E-state index < -0.39 is 0 Å². The van der Waals surface area contributed by atoms with Gasteiger partial charge in [-0.25, -0.2) is 0 Å². The van der Waals surface area contributed by atoms with Crippen molar-refractivity contribution in [3.05, 3.63) is 0 Å². The summed E-state index contributed by atoms with van der Waals surface area (Å²) < 4.78 is 0. The van der Waals surface area contributed by atoms with E-state index in [0.717, 1.165) is 0 Å². The Kier molecular flexibility index (Phi) is 11500000000. The molecule has 136 heavy (non-hydrogen) atoms. The van der Waals surface area contributed by atoms with Crippen molar-refractivity contribution in [1.29, 1.82) is 0 Å². The molecule has 0 aromatic heterocycles. The van der Waals surface area contributed by atoms with E-state index in [1.807, 2.05) is 0 Å². The Hall–Kier alpha value is 1.42. The molecule has 0 amide bonds. The molecule has 130 nitrogen and oxygen atoms in total. The van der Waals surface area contributed by atoms with Gasteiger partial charge in [-0.3, -0.25) is 0 Å². The fourth-order valence-electron chi connectivity index (χ4n) is 0. The number of hydrogen-bond acceptors (Lipinski definition) is 0. The third-order valence-corrected chi connectivity index (χ3v) is 0. The average Bonchev–Trinajstić information content (AvgIpc) is 0. The molecule has 0 unspecified atom stereocenters. The van der Waals surface area contributed by atoms with Gasteiger partial charge in [-0.15, -0.1) is 0 Å². The van der Waals surface area contributed by atoms with Crippen LogP contribution in [0.25, 0.3) is 0 Å². The Morgan fingerprint density at radius 1 is 0.0147 bits per heavy atom. The van der Waals surface area contributed by atoms with Crippen molar-refractivity contribution >= 4 is 0 Å². The van der Waals surface area contributed by atoms with Gasteiger partial charge in [0, 0.05) is 0 Å². The molecule has 0 N–H and O–H groups in total. The SMILES string of the molecule is [O-2].[O-2].[O-2].[O-2].[O-2].[O-2].[O-2].[O-2].[O-2].[O-2].[O-2].[O-2].[O-2].[O-2].[O-2].[O-2].[O-2].[O-2].[O-2].[O-2].[O-2].[O-2].[O-2].[O-2].[O-2].[O-2].[O-2].[O-2].[O-2].[O-2].[O-2].[O-2].[O-2].[O-2].[O-2].[O-2].[O-2].[O-2].[O-2].[O-2].[O-2].[O-2].[O-2].[O-2].[O-2].[O-2].[O-2].[O-2].[O-2].[O-2].[O-2].[O-2].[O-2].[O-2].[O-2].[O-2].[O-2].[O-2].[O-2].[O-2].[O-2].[O-2].[O-2].[O-2].[O-2].[O-2].[O-2].[O-2].[O-2].[O-2].[O-2].[O-2].[O-2].[O-2].[O-2].[O-2].[O-2].[O-2].[O-2].[O-2].[O-2].[O-2].[O-2].[O-2].[O-2].[O-2].[O-2].[O-2].[O-2].[O-2].[O-2].[O-2].[O-2].[O-2].[O-2].[O-2].[O-2].[O-2].[O-2].[O-2].[O-2].[O-2].[O-2].[O-2].[O-2].[O-2].[O-2].[O-2].[O-2].[O-2].[O-2].[O-2].[O-2].[O-2].[O-2].[O-2].[O-2].[O-2].[O-2].[O-2].[O-2].[O-2].[O-2].[O-2].[O-2].[O-2].[O-2].[O-2].[O-2].[O-2].[Y+3].[Y+3].[Y+3].[Y+3].[Y+3].[Y+3]. The largest absolute Gasteiger partial charge is 3.00 e. The van der Waals surface area contributed by atoms with Crippen LogP contribution < -0.4 is 0 Å². The van der Waals surface area contributed by atoms with Crippen LogP contribution >= 0.6 is 0 Å². The van der Waals surface area contributed by atoms with Gasteiger partial charge in [0.05, 0.1) is 0 Å². The Morgan fingerprint density at radius 3 is 0.0147 bits per heavy atom. The first-order valence-electron chi connectivity index (χ1n) is 0. The summed E-state index contributed by atoms with van der Waals surface area (Å²) in [5.74, 6) is 0. The predicted octanol–water partition coefficient (Wildman–Crippen LogP) is -15.5. The van der Waals surface area contributed by atoms with Crippen molar-refractivity contribution in [3.8, 4) is 0 Å².